The predicted octanol–water partition coefficient (Wildman–Crippen LogP) is 4.73. The maximum Gasteiger partial charge on any atom is 0.0554 e. The molecular formula is C19H16N2S. The molecule has 3 heteroatoms. The van der Waals surface area contributed by atoms with E-state index in [1.54, 1.807) is 11.8 Å². The zero-order valence-electron chi connectivity index (χ0n) is 12.1. The molecule has 0 radical (unpaired) electrons. The molecule has 2 nitrogen and oxygen atoms in total. The molecule has 0 amide bonds. The second-order valence-corrected chi connectivity index (χ2v) is 6.48. The summed E-state index contributed by atoms with van der Waals surface area (Å²) in [7, 11) is 0. The van der Waals surface area contributed by atoms with Crippen LogP contribution in [0, 0.1) is 0 Å². The van der Waals surface area contributed by atoms with Gasteiger partial charge >= 0.3 is 0 Å². The molecule has 1 atom stereocenters. The summed E-state index contributed by atoms with van der Waals surface area (Å²) in [5, 5.41) is 0. The summed E-state index contributed by atoms with van der Waals surface area (Å²) >= 11 is 1.76. The molecule has 1 aromatic heterocycles. The van der Waals surface area contributed by atoms with Crippen molar-refractivity contribution in [2.24, 2.45) is 0 Å². The Morgan fingerprint density at radius 1 is 0.955 bits per heavy atom. The molecule has 1 aromatic carbocycles. The molecule has 0 spiro atoms. The summed E-state index contributed by atoms with van der Waals surface area (Å²) in [5.41, 5.74) is 2.59. The molecule has 3 heterocycles. The molecule has 0 N–H and O–H groups in total. The predicted molar refractivity (Wildman–Crippen MR) is 91.3 cm³/mol. The number of nitrogens with zero attached hydrogens (tertiary/aromatic N) is 2. The molecule has 2 aromatic rings. The van der Waals surface area contributed by atoms with Gasteiger partial charge in [0.1, 0.15) is 0 Å². The van der Waals surface area contributed by atoms with Gasteiger partial charge in [-0.1, -0.05) is 42.1 Å². The van der Waals surface area contributed by atoms with Crippen molar-refractivity contribution in [1.29, 1.82) is 0 Å². The van der Waals surface area contributed by atoms with Crippen LogP contribution < -0.4 is 0 Å². The fourth-order valence-electron chi connectivity index (χ4n) is 2.83. The zero-order chi connectivity index (χ0) is 14.8. The highest BCUT2D eigenvalue weighted by atomic mass is 32.2. The van der Waals surface area contributed by atoms with Crippen LogP contribution in [0.1, 0.15) is 12.0 Å². The monoisotopic (exact) mass is 304 g/mol. The smallest absolute Gasteiger partial charge is 0.0554 e. The van der Waals surface area contributed by atoms with E-state index in [0.717, 1.165) is 6.42 Å². The highest BCUT2D eigenvalue weighted by molar-refractivity contribution is 7.99. The van der Waals surface area contributed by atoms with Gasteiger partial charge in [0.15, 0.2) is 0 Å². The number of fused-ring (bicyclic) bond motifs is 1. The molecule has 0 saturated carbocycles. The lowest BCUT2D eigenvalue weighted by atomic mass is 10.1. The van der Waals surface area contributed by atoms with Crippen LogP contribution in [0.4, 0.5) is 0 Å². The first-order valence-corrected chi connectivity index (χ1v) is 8.24. The zero-order valence-corrected chi connectivity index (χ0v) is 12.9. The van der Waals surface area contributed by atoms with E-state index in [1.165, 1.54) is 21.1 Å². The Hall–Kier alpha value is -2.26. The fraction of sp³-hybridized carbons (Fsp3) is 0.105. The molecule has 0 fully saturated rings. The molecule has 4 rings (SSSR count). The van der Waals surface area contributed by atoms with E-state index in [4.69, 9.17) is 0 Å². The van der Waals surface area contributed by atoms with E-state index >= 15 is 0 Å². The minimum absolute atomic E-state index is 0.492. The van der Waals surface area contributed by atoms with E-state index in [0.29, 0.717) is 6.04 Å². The molecule has 2 aliphatic rings. The number of hydrogen-bond donors (Lipinski definition) is 0. The van der Waals surface area contributed by atoms with E-state index < -0.39 is 0 Å². The SMILES string of the molecule is C1=CC2CC=C(c3ccc(Sc4ccncc4)cc3)N2C=C1. The highest BCUT2D eigenvalue weighted by Gasteiger charge is 2.24. The Morgan fingerprint density at radius 3 is 2.55 bits per heavy atom. The molecule has 0 saturated heterocycles. The lowest BCUT2D eigenvalue weighted by Crippen LogP contribution is -2.23. The Balaban J connectivity index is 1.53. The highest BCUT2D eigenvalue weighted by Crippen LogP contribution is 2.34. The van der Waals surface area contributed by atoms with Crippen molar-refractivity contribution < 1.29 is 0 Å². The summed E-state index contributed by atoms with van der Waals surface area (Å²) in [6.07, 6.45) is 15.7. The summed E-state index contributed by atoms with van der Waals surface area (Å²) in [4.78, 5) is 8.87. The maximum absolute atomic E-state index is 4.05. The Bertz CT molecular complexity index is 745. The normalized spacial score (nSPS) is 19.2. The first kappa shape index (κ1) is 13.4. The largest absolute Gasteiger partial charge is 0.341 e. The van der Waals surface area contributed by atoms with Gasteiger partial charge in [0.25, 0.3) is 0 Å². The molecule has 1 unspecified atom stereocenters. The van der Waals surface area contributed by atoms with Crippen LogP contribution in [0.5, 0.6) is 0 Å². The van der Waals surface area contributed by atoms with Gasteiger partial charge in [-0.15, -0.1) is 0 Å². The second-order valence-electron chi connectivity index (χ2n) is 5.34. The summed E-state index contributed by atoms with van der Waals surface area (Å²) < 4.78 is 0. The summed E-state index contributed by atoms with van der Waals surface area (Å²) in [6, 6.07) is 13.4. The number of hydrogen-bond acceptors (Lipinski definition) is 3. The fourth-order valence-corrected chi connectivity index (χ4v) is 3.63. The van der Waals surface area contributed by atoms with Crippen LogP contribution in [0.2, 0.25) is 0 Å². The van der Waals surface area contributed by atoms with Crippen molar-refractivity contribution in [3.05, 3.63) is 84.9 Å². The van der Waals surface area contributed by atoms with Crippen molar-refractivity contribution in [3.8, 4) is 0 Å². The van der Waals surface area contributed by atoms with Gasteiger partial charge in [-0.25, -0.2) is 0 Å². The molecule has 0 aliphatic carbocycles. The number of rotatable bonds is 3. The van der Waals surface area contributed by atoms with Gasteiger partial charge in [0.2, 0.25) is 0 Å². The van der Waals surface area contributed by atoms with E-state index in [9.17, 15) is 0 Å². The lowest BCUT2D eigenvalue weighted by Gasteiger charge is -2.26. The topological polar surface area (TPSA) is 16.1 Å². The first-order valence-electron chi connectivity index (χ1n) is 7.42. The minimum Gasteiger partial charge on any atom is -0.341 e. The van der Waals surface area contributed by atoms with Gasteiger partial charge in [0.05, 0.1) is 6.04 Å². The van der Waals surface area contributed by atoms with Gasteiger partial charge in [-0.2, -0.15) is 0 Å². The average molecular weight is 304 g/mol. The molecule has 22 heavy (non-hydrogen) atoms. The van der Waals surface area contributed by atoms with Gasteiger partial charge < -0.3 is 4.90 Å². The maximum atomic E-state index is 4.05. The molecular weight excluding hydrogens is 288 g/mol. The van der Waals surface area contributed by atoms with Crippen LogP contribution in [0.15, 0.2) is 89.1 Å². The Kier molecular flexibility index (Phi) is 3.57. The van der Waals surface area contributed by atoms with Crippen LogP contribution in [0.25, 0.3) is 5.70 Å². The van der Waals surface area contributed by atoms with Crippen LogP contribution in [-0.4, -0.2) is 15.9 Å². The third-order valence-corrected chi connectivity index (χ3v) is 4.93. The molecule has 2 aliphatic heterocycles. The third kappa shape index (κ3) is 2.60. The second kappa shape index (κ2) is 5.85. The summed E-state index contributed by atoms with van der Waals surface area (Å²) in [5.74, 6) is 0. The van der Waals surface area contributed by atoms with Crippen molar-refractivity contribution in [2.75, 3.05) is 0 Å². The van der Waals surface area contributed by atoms with Crippen molar-refractivity contribution in [2.45, 2.75) is 22.3 Å². The first-order chi connectivity index (χ1) is 10.9. The van der Waals surface area contributed by atoms with Crippen molar-refractivity contribution >= 4 is 17.5 Å². The minimum atomic E-state index is 0.492. The Morgan fingerprint density at radius 2 is 1.73 bits per heavy atom. The van der Waals surface area contributed by atoms with Crippen LogP contribution in [-0.2, 0) is 0 Å². The molecule has 0 bridgehead atoms. The van der Waals surface area contributed by atoms with Gasteiger partial charge in [-0.05, 0) is 42.3 Å². The lowest BCUT2D eigenvalue weighted by molar-refractivity contribution is 0.473. The standard InChI is InChI=1S/C19H16N2S/c1-2-14-21-16(3-1)6-9-19(21)15-4-7-17(8-5-15)22-18-10-12-20-13-11-18/h1-5,7-14,16H,6H2. The number of pyridine rings is 1. The average Bonchev–Trinajstić information content (AvgIpc) is 3.01. The van der Waals surface area contributed by atoms with E-state index in [-0.39, 0.29) is 0 Å². The molecule has 108 valence electrons. The van der Waals surface area contributed by atoms with Gasteiger partial charge in [-0.3, -0.25) is 4.98 Å². The van der Waals surface area contributed by atoms with Gasteiger partial charge in [0, 0.05) is 34.1 Å². The Labute approximate surface area is 134 Å². The quantitative estimate of drug-likeness (QED) is 0.815. The number of benzene rings is 1. The number of aromatic nitrogens is 1. The van der Waals surface area contributed by atoms with Crippen molar-refractivity contribution in [1.82, 2.24) is 9.88 Å². The van der Waals surface area contributed by atoms with Crippen molar-refractivity contribution in [3.63, 3.8) is 0 Å². The summed E-state index contributed by atoms with van der Waals surface area (Å²) in [6.45, 7) is 0. The number of allylic oxidation sites excluding steroid dienone is 2. The third-order valence-electron chi connectivity index (χ3n) is 3.91. The van der Waals surface area contributed by atoms with E-state index in [1.807, 2.05) is 24.5 Å². The van der Waals surface area contributed by atoms with Crippen LogP contribution >= 0.6 is 11.8 Å². The van der Waals surface area contributed by atoms with E-state index in [2.05, 4.69) is 64.7 Å². The van der Waals surface area contributed by atoms with Crippen LogP contribution in [0.3, 0.4) is 0 Å².